The molecule has 6 rings (SSSR count). The maximum absolute atomic E-state index is 14.4. The third-order valence-electron chi connectivity index (χ3n) is 8.69. The summed E-state index contributed by atoms with van der Waals surface area (Å²) in [6.07, 6.45) is 1.15. The molecule has 8 heteroatoms. The summed E-state index contributed by atoms with van der Waals surface area (Å²) in [6.45, 7) is 6.36. The number of nitrogens with zero attached hydrogens (tertiary/aromatic N) is 3. The topological polar surface area (TPSA) is 91.7 Å². The Morgan fingerprint density at radius 3 is 2.35 bits per heavy atom. The lowest BCUT2D eigenvalue weighted by molar-refractivity contribution is -0.144. The number of carbonyl (C=O) groups excluding carboxylic acids is 3. The Balaban J connectivity index is 1.37. The van der Waals surface area contributed by atoms with E-state index in [1.54, 1.807) is 36.4 Å². The van der Waals surface area contributed by atoms with E-state index in [1.165, 1.54) is 5.56 Å². The number of pyridine rings is 1. The van der Waals surface area contributed by atoms with Gasteiger partial charge in [0, 0.05) is 43.9 Å². The molecule has 3 atom stereocenters. The first-order chi connectivity index (χ1) is 19.2. The van der Waals surface area contributed by atoms with Crippen molar-refractivity contribution >= 4 is 23.5 Å². The molecule has 0 aliphatic carbocycles. The number of urea groups is 1. The maximum Gasteiger partial charge on any atom is 0.335 e. The molecule has 0 radical (unpaired) electrons. The molecular weight excluding hydrogens is 504 g/mol. The summed E-state index contributed by atoms with van der Waals surface area (Å²) in [5.74, 6) is -0.334. The van der Waals surface area contributed by atoms with Crippen LogP contribution in [0.4, 0.5) is 10.5 Å². The first kappa shape index (κ1) is 26.2. The van der Waals surface area contributed by atoms with Gasteiger partial charge in [-0.3, -0.25) is 19.7 Å². The number of nitrogens with one attached hydrogen (secondary N) is 1. The zero-order valence-electron chi connectivity index (χ0n) is 22.9. The predicted molar refractivity (Wildman–Crippen MR) is 152 cm³/mol. The zero-order chi connectivity index (χ0) is 28.0. The Kier molecular flexibility index (Phi) is 6.66. The average Bonchev–Trinajstić information content (AvgIpc) is 2.93. The Hall–Kier alpha value is -4.04. The Morgan fingerprint density at radius 1 is 0.875 bits per heavy atom. The van der Waals surface area contributed by atoms with Gasteiger partial charge in [-0.2, -0.15) is 0 Å². The van der Waals surface area contributed by atoms with Gasteiger partial charge >= 0.3 is 6.03 Å². The van der Waals surface area contributed by atoms with E-state index in [-0.39, 0.29) is 30.4 Å². The van der Waals surface area contributed by atoms with Crippen LogP contribution in [0.5, 0.6) is 0 Å². The van der Waals surface area contributed by atoms with E-state index >= 15 is 0 Å². The van der Waals surface area contributed by atoms with Crippen LogP contribution in [0.2, 0.25) is 0 Å². The van der Waals surface area contributed by atoms with Gasteiger partial charge in [-0.1, -0.05) is 62.4 Å². The second-order valence-electron chi connectivity index (χ2n) is 11.8. The first-order valence-corrected chi connectivity index (χ1v) is 14.0. The number of anilines is 1. The maximum atomic E-state index is 14.4. The molecule has 40 heavy (non-hydrogen) atoms. The number of hydrogen-bond acceptors (Lipinski definition) is 5. The first-order valence-electron chi connectivity index (χ1n) is 14.0. The molecule has 3 aliphatic rings. The van der Waals surface area contributed by atoms with Crippen molar-refractivity contribution in [3.8, 4) is 0 Å². The number of hydrogen-bond donors (Lipinski definition) is 1. The quantitative estimate of drug-likeness (QED) is 0.481. The highest BCUT2D eigenvalue weighted by molar-refractivity contribution is 6.30. The van der Waals surface area contributed by atoms with Crippen LogP contribution >= 0.6 is 0 Å². The van der Waals surface area contributed by atoms with Crippen molar-refractivity contribution in [1.29, 1.82) is 0 Å². The van der Waals surface area contributed by atoms with E-state index in [0.717, 1.165) is 22.6 Å². The highest BCUT2D eigenvalue weighted by atomic mass is 16.2. The average molecular weight is 539 g/mol. The minimum atomic E-state index is -1.49. The third-order valence-corrected chi connectivity index (χ3v) is 8.69. The Morgan fingerprint density at radius 2 is 1.62 bits per heavy atom. The second kappa shape index (κ2) is 10.2. The molecule has 1 N–H and O–H groups in total. The number of para-hydroxylation sites is 1. The predicted octanol–water partition coefficient (Wildman–Crippen LogP) is 3.90. The fourth-order valence-electron chi connectivity index (χ4n) is 6.71. The summed E-state index contributed by atoms with van der Waals surface area (Å²) in [5, 5.41) is 2.52. The van der Waals surface area contributed by atoms with Crippen LogP contribution in [0.25, 0.3) is 0 Å². The summed E-state index contributed by atoms with van der Waals surface area (Å²) in [6, 6.07) is 21.5. The fourth-order valence-corrected chi connectivity index (χ4v) is 6.71. The van der Waals surface area contributed by atoms with Crippen molar-refractivity contribution in [3.63, 3.8) is 0 Å². The van der Waals surface area contributed by atoms with Crippen LogP contribution in [0, 0.1) is 11.3 Å². The molecule has 4 amide bonds. The number of aromatic nitrogens is 1. The molecule has 2 aromatic carbocycles. The van der Waals surface area contributed by atoms with Gasteiger partial charge < -0.3 is 9.47 Å². The van der Waals surface area contributed by atoms with E-state index in [2.05, 4.69) is 24.1 Å². The van der Waals surface area contributed by atoms with Gasteiger partial charge in [0.05, 0.1) is 5.69 Å². The molecule has 3 aliphatic heterocycles. The SMILES string of the molecule is CC(C)c1ccc(C[C@@]2(CN3C[C@H]4C[C@H](C3)c3cccc(=O)n3C4)C(=O)NC(=O)N(c3ccccc3)C2=O)cc1. The molecule has 2 bridgehead atoms. The van der Waals surface area contributed by atoms with Gasteiger partial charge in [0.25, 0.3) is 11.5 Å². The standard InChI is InChI=1S/C32H34N4O4/c1-21(2)24-13-11-22(12-14-24)16-32(29(38)33-31(40)36(30(32)39)26-7-4-3-5-8-26)20-34-17-23-15-25(19-34)27-9-6-10-28(37)35(27)18-23/h3-14,21,23,25H,15-20H2,1-2H3,(H,33,38,40)/t23-,25-,32-/m1/s1. The van der Waals surface area contributed by atoms with Crippen LogP contribution in [-0.2, 0) is 22.6 Å². The molecular formula is C32H34N4O4. The van der Waals surface area contributed by atoms with Crippen LogP contribution in [-0.4, -0.2) is 46.9 Å². The molecule has 4 heterocycles. The van der Waals surface area contributed by atoms with Gasteiger partial charge in [-0.25, -0.2) is 9.69 Å². The lowest BCUT2D eigenvalue weighted by atomic mass is 9.75. The molecule has 2 saturated heterocycles. The highest BCUT2D eigenvalue weighted by Crippen LogP contribution is 2.39. The molecule has 1 aromatic heterocycles. The summed E-state index contributed by atoms with van der Waals surface area (Å²) >= 11 is 0. The van der Waals surface area contributed by atoms with Crippen molar-refractivity contribution < 1.29 is 14.4 Å². The normalized spacial score (nSPS) is 24.7. The number of amides is 4. The third kappa shape index (κ3) is 4.56. The number of rotatable bonds is 6. The molecule has 8 nitrogen and oxygen atoms in total. The van der Waals surface area contributed by atoms with Gasteiger partial charge in [0.1, 0.15) is 5.41 Å². The number of carbonyl (C=O) groups is 3. The lowest BCUT2D eigenvalue weighted by Gasteiger charge is -2.47. The molecule has 3 aromatic rings. The van der Waals surface area contributed by atoms with Crippen LogP contribution in [0.1, 0.15) is 48.9 Å². The van der Waals surface area contributed by atoms with Crippen molar-refractivity contribution in [2.24, 2.45) is 11.3 Å². The Labute approximate surface area is 233 Å². The molecule has 2 fully saturated rings. The van der Waals surface area contributed by atoms with E-state index in [9.17, 15) is 19.2 Å². The van der Waals surface area contributed by atoms with Crippen LogP contribution < -0.4 is 15.8 Å². The number of imide groups is 2. The fraction of sp³-hybridized carbons (Fsp3) is 0.375. The van der Waals surface area contributed by atoms with Gasteiger partial charge in [-0.05, 0) is 54.0 Å². The van der Waals surface area contributed by atoms with Crippen molar-refractivity contribution in [3.05, 3.63) is 100.0 Å². The van der Waals surface area contributed by atoms with E-state index in [0.29, 0.717) is 31.2 Å². The van der Waals surface area contributed by atoms with Crippen LogP contribution in [0.3, 0.4) is 0 Å². The monoisotopic (exact) mass is 538 g/mol. The summed E-state index contributed by atoms with van der Waals surface area (Å²) < 4.78 is 1.87. The molecule has 0 unspecified atom stereocenters. The Bertz CT molecular complexity index is 1510. The molecule has 206 valence electrons. The van der Waals surface area contributed by atoms with Crippen molar-refractivity contribution in [2.75, 3.05) is 24.5 Å². The van der Waals surface area contributed by atoms with Crippen LogP contribution in [0.15, 0.2) is 77.6 Å². The number of fused-ring (bicyclic) bond motifs is 4. The second-order valence-corrected chi connectivity index (χ2v) is 11.8. The largest absolute Gasteiger partial charge is 0.335 e. The van der Waals surface area contributed by atoms with E-state index < -0.39 is 23.3 Å². The summed E-state index contributed by atoms with van der Waals surface area (Å²) in [5.41, 5.74) is 2.00. The van der Waals surface area contributed by atoms with Crippen molar-refractivity contribution in [1.82, 2.24) is 14.8 Å². The highest BCUT2D eigenvalue weighted by Gasteiger charge is 2.55. The zero-order valence-corrected chi connectivity index (χ0v) is 22.9. The van der Waals surface area contributed by atoms with Gasteiger partial charge in [0.2, 0.25) is 5.91 Å². The minimum Gasteiger partial charge on any atom is -0.312 e. The molecule has 0 saturated carbocycles. The smallest absolute Gasteiger partial charge is 0.312 e. The lowest BCUT2D eigenvalue weighted by Crippen LogP contribution is -2.68. The number of barbiturate groups is 1. The number of benzene rings is 2. The minimum absolute atomic E-state index is 0.0146. The van der Waals surface area contributed by atoms with E-state index in [4.69, 9.17) is 0 Å². The van der Waals surface area contributed by atoms with E-state index in [1.807, 2.05) is 41.0 Å². The number of piperidine rings is 1. The number of likely N-dealkylation sites (tertiary alicyclic amines) is 1. The van der Waals surface area contributed by atoms with Gasteiger partial charge in [-0.15, -0.1) is 0 Å². The summed E-state index contributed by atoms with van der Waals surface area (Å²) in [7, 11) is 0. The summed E-state index contributed by atoms with van der Waals surface area (Å²) in [4.78, 5) is 57.0. The van der Waals surface area contributed by atoms with Crippen molar-refractivity contribution in [2.45, 2.75) is 45.1 Å². The van der Waals surface area contributed by atoms with Gasteiger partial charge in [0.15, 0.2) is 0 Å². The molecule has 0 spiro atoms.